The summed E-state index contributed by atoms with van der Waals surface area (Å²) in [6.07, 6.45) is 11.5. The first-order valence-corrected chi connectivity index (χ1v) is 7.19. The summed E-state index contributed by atoms with van der Waals surface area (Å²) < 4.78 is 5.05. The maximum absolute atomic E-state index is 10.2. The van der Waals surface area contributed by atoms with Crippen LogP contribution in [0.4, 0.5) is 0 Å². The molecule has 0 bridgehead atoms. The molecule has 0 fully saturated rings. The van der Waals surface area contributed by atoms with Crippen molar-refractivity contribution in [1.29, 1.82) is 0 Å². The molecule has 0 amide bonds. The number of carboxylic acids is 1. The Morgan fingerprint density at radius 3 is 2.68 bits per heavy atom. The number of carbonyl (C=O) groups is 1. The van der Waals surface area contributed by atoms with Crippen LogP contribution in [-0.2, 0) is 4.79 Å². The van der Waals surface area contributed by atoms with Gasteiger partial charge in [-0.3, -0.25) is 0 Å². The minimum absolute atomic E-state index is 0. The number of unbranched alkanes of at least 4 members (excludes halogenated alkanes) is 5. The van der Waals surface area contributed by atoms with Crippen LogP contribution in [0.1, 0.15) is 50.7 Å². The van der Waals surface area contributed by atoms with E-state index >= 15 is 0 Å². The molecule has 0 aliphatic carbocycles. The van der Waals surface area contributed by atoms with Crippen LogP contribution in [0.25, 0.3) is 0 Å². The Balaban J connectivity index is 0.00000441. The van der Waals surface area contributed by atoms with Crippen molar-refractivity contribution in [3.63, 3.8) is 0 Å². The molecule has 110 valence electrons. The minimum Gasteiger partial charge on any atom is -0.550 e. The van der Waals surface area contributed by atoms with Gasteiger partial charge in [0.2, 0.25) is 0 Å². The summed E-state index contributed by atoms with van der Waals surface area (Å²) in [6.45, 7) is 0. The number of hydrogen-bond donors (Lipinski definition) is 0. The summed E-state index contributed by atoms with van der Waals surface area (Å²) in [5.41, 5.74) is 0. The zero-order valence-corrected chi connectivity index (χ0v) is 16.2. The predicted octanol–water partition coefficient (Wildman–Crippen LogP) is -0.325. The first-order valence-electron chi connectivity index (χ1n) is 7.19. The second-order valence-electron chi connectivity index (χ2n) is 4.58. The molecule has 0 saturated heterocycles. The van der Waals surface area contributed by atoms with Crippen molar-refractivity contribution >= 4 is 5.97 Å². The molecule has 1 heterocycles. The summed E-state index contributed by atoms with van der Waals surface area (Å²) in [6, 6.07) is 3.58. The van der Waals surface area contributed by atoms with Gasteiger partial charge in [-0.2, -0.15) is 0 Å². The molecule has 1 aromatic heterocycles. The van der Waals surface area contributed by atoms with Crippen LogP contribution in [0.5, 0.6) is 0 Å². The first kappa shape index (κ1) is 21.2. The third-order valence-corrected chi connectivity index (χ3v) is 2.79. The van der Waals surface area contributed by atoms with E-state index in [1.54, 1.807) is 18.4 Å². The molecule has 3 nitrogen and oxygen atoms in total. The molecule has 4 heteroatoms. The standard InChI is InChI=1S/C18H20O3.K/c19-18(20)15-11-9-7-5-3-1-2-4-6-8-10-13-17-14-12-16-21-17;/h2,4,12,14,16H,1,3,5,7,9,11,15H2,(H,19,20);/q;+1/p-1/b4-2+;. The zero-order valence-electron chi connectivity index (χ0n) is 13.1. The Labute approximate surface area is 175 Å². The van der Waals surface area contributed by atoms with Crippen molar-refractivity contribution in [2.45, 2.75) is 44.9 Å². The van der Waals surface area contributed by atoms with E-state index in [4.69, 9.17) is 4.42 Å². The Bertz CT molecular complexity index is 551. The number of rotatable bonds is 8. The largest absolute Gasteiger partial charge is 1.00 e. The number of aliphatic carboxylic acids is 1. The molecule has 0 unspecified atom stereocenters. The second-order valence-corrected chi connectivity index (χ2v) is 4.58. The van der Waals surface area contributed by atoms with Gasteiger partial charge in [0.25, 0.3) is 0 Å². The van der Waals surface area contributed by atoms with E-state index < -0.39 is 5.97 Å². The molecule has 0 spiro atoms. The summed E-state index contributed by atoms with van der Waals surface area (Å²) >= 11 is 0. The molecule has 0 saturated carbocycles. The molecule has 1 aromatic rings. The Kier molecular flexibility index (Phi) is 14.6. The van der Waals surface area contributed by atoms with Gasteiger partial charge in [0.15, 0.2) is 5.76 Å². The maximum atomic E-state index is 10.2. The third kappa shape index (κ3) is 12.9. The van der Waals surface area contributed by atoms with Crippen LogP contribution >= 0.6 is 0 Å². The molecular formula is C18H19KO3. The molecule has 0 aromatic carbocycles. The number of allylic oxidation sites excluding steroid dienone is 2. The summed E-state index contributed by atoms with van der Waals surface area (Å²) in [5, 5.41) is 10.2. The summed E-state index contributed by atoms with van der Waals surface area (Å²) in [7, 11) is 0. The van der Waals surface area contributed by atoms with Crippen molar-refractivity contribution < 1.29 is 65.7 Å². The van der Waals surface area contributed by atoms with Crippen molar-refractivity contribution in [1.82, 2.24) is 0 Å². The Morgan fingerprint density at radius 1 is 1.18 bits per heavy atom. The van der Waals surface area contributed by atoms with Gasteiger partial charge in [0, 0.05) is 5.97 Å². The van der Waals surface area contributed by atoms with Gasteiger partial charge < -0.3 is 14.3 Å². The average molecular weight is 322 g/mol. The van der Waals surface area contributed by atoms with E-state index in [-0.39, 0.29) is 57.8 Å². The van der Waals surface area contributed by atoms with Gasteiger partial charge in [-0.15, -0.1) is 0 Å². The van der Waals surface area contributed by atoms with E-state index in [2.05, 4.69) is 23.7 Å². The fourth-order valence-electron chi connectivity index (χ4n) is 1.72. The van der Waals surface area contributed by atoms with Crippen molar-refractivity contribution in [2.75, 3.05) is 0 Å². The number of carboxylic acid groups (broad SMARTS) is 1. The van der Waals surface area contributed by atoms with E-state index in [1.807, 2.05) is 12.2 Å². The molecule has 0 atom stereocenters. The van der Waals surface area contributed by atoms with Gasteiger partial charge in [0.05, 0.1) is 6.26 Å². The smallest absolute Gasteiger partial charge is 0.550 e. The molecule has 0 aliphatic heterocycles. The molecule has 1 rings (SSSR count). The molecular weight excluding hydrogens is 303 g/mol. The van der Waals surface area contributed by atoms with Crippen LogP contribution in [-0.4, -0.2) is 5.97 Å². The number of furan rings is 1. The first-order chi connectivity index (χ1) is 10.3. The molecule has 0 aliphatic rings. The van der Waals surface area contributed by atoms with Gasteiger partial charge in [-0.1, -0.05) is 31.3 Å². The van der Waals surface area contributed by atoms with E-state index in [0.717, 1.165) is 38.5 Å². The van der Waals surface area contributed by atoms with E-state index in [1.165, 1.54) is 0 Å². The minimum atomic E-state index is -0.952. The fraction of sp³-hybridized carbons (Fsp3) is 0.389. The molecule has 22 heavy (non-hydrogen) atoms. The summed E-state index contributed by atoms with van der Waals surface area (Å²) in [5.74, 6) is 10.8. The van der Waals surface area contributed by atoms with Gasteiger partial charge >= 0.3 is 51.4 Å². The van der Waals surface area contributed by atoms with Crippen LogP contribution in [0.2, 0.25) is 0 Å². The van der Waals surface area contributed by atoms with Crippen LogP contribution in [0.15, 0.2) is 35.0 Å². The van der Waals surface area contributed by atoms with Crippen LogP contribution < -0.4 is 56.5 Å². The average Bonchev–Trinajstić information content (AvgIpc) is 2.97. The monoisotopic (exact) mass is 322 g/mol. The van der Waals surface area contributed by atoms with Gasteiger partial charge in [-0.25, -0.2) is 0 Å². The van der Waals surface area contributed by atoms with Crippen molar-refractivity contribution in [3.05, 3.63) is 36.3 Å². The fourth-order valence-corrected chi connectivity index (χ4v) is 1.72. The van der Waals surface area contributed by atoms with E-state index in [9.17, 15) is 9.90 Å². The second kappa shape index (κ2) is 15.2. The van der Waals surface area contributed by atoms with Crippen LogP contribution in [0, 0.1) is 23.7 Å². The topological polar surface area (TPSA) is 53.3 Å². The van der Waals surface area contributed by atoms with Crippen molar-refractivity contribution in [2.24, 2.45) is 0 Å². The maximum Gasteiger partial charge on any atom is 1.00 e. The SMILES string of the molecule is O=C([O-])CCCCCCC/C=C/C#CC#Cc1ccco1.[K+]. The molecule has 0 N–H and O–H groups in total. The summed E-state index contributed by atoms with van der Waals surface area (Å²) in [4.78, 5) is 10.2. The predicted molar refractivity (Wildman–Crippen MR) is 79.8 cm³/mol. The van der Waals surface area contributed by atoms with Gasteiger partial charge in [0.1, 0.15) is 0 Å². The Hall–Kier alpha value is -0.754. The van der Waals surface area contributed by atoms with E-state index in [0.29, 0.717) is 5.76 Å². The van der Waals surface area contributed by atoms with Crippen LogP contribution in [0.3, 0.4) is 0 Å². The number of hydrogen-bond acceptors (Lipinski definition) is 3. The Morgan fingerprint density at radius 2 is 1.95 bits per heavy atom. The quantitative estimate of drug-likeness (QED) is 0.374. The van der Waals surface area contributed by atoms with Crippen molar-refractivity contribution in [3.8, 4) is 23.7 Å². The number of carbonyl (C=O) groups excluding carboxylic acids is 1. The zero-order chi connectivity index (χ0) is 15.2. The van der Waals surface area contributed by atoms with Gasteiger partial charge in [-0.05, 0) is 61.7 Å². The normalized spacial score (nSPS) is 9.27. The molecule has 0 radical (unpaired) electrons. The third-order valence-electron chi connectivity index (χ3n) is 2.79.